The van der Waals surface area contributed by atoms with Crippen molar-refractivity contribution in [3.05, 3.63) is 28.5 Å². The summed E-state index contributed by atoms with van der Waals surface area (Å²) < 4.78 is 0. The second-order valence-corrected chi connectivity index (χ2v) is 3.20. The van der Waals surface area contributed by atoms with Crippen molar-refractivity contribution in [2.45, 2.75) is 13.3 Å². The van der Waals surface area contributed by atoms with Crippen LogP contribution >= 0.6 is 11.6 Å². The van der Waals surface area contributed by atoms with E-state index in [2.05, 4.69) is 16.8 Å². The monoisotopic (exact) mass is 208 g/mol. The molecule has 0 spiro atoms. The van der Waals surface area contributed by atoms with Crippen molar-refractivity contribution in [2.24, 2.45) is 5.73 Å². The molecule has 1 rings (SSSR count). The van der Waals surface area contributed by atoms with Crippen LogP contribution in [0.25, 0.3) is 0 Å². The maximum Gasteiger partial charge on any atom is 0.229 e. The smallest absolute Gasteiger partial charge is 0.229 e. The summed E-state index contributed by atoms with van der Waals surface area (Å²) in [5.41, 5.74) is 6.44. The number of hydrogen-bond donors (Lipinski definition) is 1. The Morgan fingerprint density at radius 3 is 3.00 bits per heavy atom. The third-order valence-corrected chi connectivity index (χ3v) is 1.72. The highest BCUT2D eigenvalue weighted by Crippen LogP contribution is 2.10. The van der Waals surface area contributed by atoms with Gasteiger partial charge in [-0.2, -0.15) is 0 Å². The number of primary amides is 1. The van der Waals surface area contributed by atoms with E-state index in [4.69, 9.17) is 17.3 Å². The highest BCUT2D eigenvalue weighted by Gasteiger charge is 1.96. The van der Waals surface area contributed by atoms with Gasteiger partial charge in [-0.25, -0.2) is 4.98 Å². The molecule has 0 atom stereocenters. The first-order valence-corrected chi connectivity index (χ1v) is 4.36. The number of nitrogens with two attached hydrogens (primary N) is 1. The van der Waals surface area contributed by atoms with Crippen LogP contribution in [0.1, 0.15) is 17.7 Å². The number of nitrogens with zero attached hydrogens (tertiary/aromatic N) is 1. The number of amides is 1. The molecule has 0 bridgehead atoms. The summed E-state index contributed by atoms with van der Waals surface area (Å²) in [6.07, 6.45) is 1.56. The summed E-state index contributed by atoms with van der Waals surface area (Å²) in [6.45, 7) is 1.85. The average molecular weight is 209 g/mol. The van der Waals surface area contributed by atoms with Crippen LogP contribution in [0.15, 0.2) is 12.3 Å². The molecule has 3 nitrogen and oxygen atoms in total. The first-order chi connectivity index (χ1) is 6.59. The second-order valence-electron chi connectivity index (χ2n) is 2.76. The minimum absolute atomic E-state index is 0.0454. The Kier molecular flexibility index (Phi) is 3.49. The molecule has 1 aromatic rings. The number of rotatable bonds is 1. The van der Waals surface area contributed by atoms with E-state index >= 15 is 0 Å². The molecule has 1 amide bonds. The van der Waals surface area contributed by atoms with Crippen LogP contribution in [-0.4, -0.2) is 10.9 Å². The van der Waals surface area contributed by atoms with Crippen LogP contribution in [0, 0.1) is 18.8 Å². The van der Waals surface area contributed by atoms with Gasteiger partial charge in [0.25, 0.3) is 0 Å². The fraction of sp³-hybridized carbons (Fsp3) is 0.200. The highest BCUT2D eigenvalue weighted by molar-refractivity contribution is 6.30. The van der Waals surface area contributed by atoms with Gasteiger partial charge in [-0.1, -0.05) is 17.5 Å². The van der Waals surface area contributed by atoms with Gasteiger partial charge in [-0.05, 0) is 24.5 Å². The fourth-order valence-electron chi connectivity index (χ4n) is 0.886. The molecule has 0 fully saturated rings. The van der Waals surface area contributed by atoms with Crippen molar-refractivity contribution >= 4 is 17.5 Å². The molecule has 0 unspecified atom stereocenters. The molecule has 2 N–H and O–H groups in total. The Balaban J connectivity index is 2.85. The van der Waals surface area contributed by atoms with E-state index in [1.807, 2.05) is 6.92 Å². The van der Waals surface area contributed by atoms with Crippen LogP contribution in [-0.2, 0) is 4.79 Å². The van der Waals surface area contributed by atoms with E-state index in [-0.39, 0.29) is 6.42 Å². The largest absolute Gasteiger partial charge is 0.369 e. The van der Waals surface area contributed by atoms with Crippen LogP contribution in [0.3, 0.4) is 0 Å². The van der Waals surface area contributed by atoms with Gasteiger partial charge in [0.2, 0.25) is 5.91 Å². The first-order valence-electron chi connectivity index (χ1n) is 3.99. The average Bonchev–Trinajstić information content (AvgIpc) is 2.08. The Bertz CT molecular complexity index is 418. The Morgan fingerprint density at radius 2 is 2.43 bits per heavy atom. The van der Waals surface area contributed by atoms with E-state index in [1.54, 1.807) is 6.07 Å². The van der Waals surface area contributed by atoms with Crippen molar-refractivity contribution in [1.29, 1.82) is 0 Å². The zero-order valence-corrected chi connectivity index (χ0v) is 8.43. The van der Waals surface area contributed by atoms with E-state index in [0.29, 0.717) is 10.7 Å². The van der Waals surface area contributed by atoms with Gasteiger partial charge < -0.3 is 5.73 Å². The zero-order chi connectivity index (χ0) is 10.6. The molecule has 0 aromatic carbocycles. The third-order valence-electron chi connectivity index (χ3n) is 1.51. The lowest BCUT2D eigenvalue weighted by Crippen LogP contribution is -2.08. The SMILES string of the molecule is Cc1cc(Cl)cnc1C#CCC(N)=O. The minimum atomic E-state index is -0.441. The summed E-state index contributed by atoms with van der Waals surface area (Å²) in [6, 6.07) is 1.77. The normalized spacial score (nSPS) is 9.00. The third kappa shape index (κ3) is 3.08. The number of carbonyl (C=O) groups is 1. The maximum atomic E-state index is 10.4. The number of pyridine rings is 1. The van der Waals surface area contributed by atoms with Crippen LogP contribution in [0.5, 0.6) is 0 Å². The molecule has 1 heterocycles. The van der Waals surface area contributed by atoms with E-state index in [1.165, 1.54) is 6.20 Å². The molecule has 0 aliphatic carbocycles. The van der Waals surface area contributed by atoms with Crippen LogP contribution in [0.4, 0.5) is 0 Å². The van der Waals surface area contributed by atoms with Gasteiger partial charge in [0.1, 0.15) is 5.69 Å². The molecular formula is C10H9ClN2O. The van der Waals surface area contributed by atoms with E-state index < -0.39 is 5.91 Å². The van der Waals surface area contributed by atoms with Crippen molar-refractivity contribution in [2.75, 3.05) is 0 Å². The molecule has 0 saturated heterocycles. The lowest BCUT2D eigenvalue weighted by Gasteiger charge is -1.96. The maximum absolute atomic E-state index is 10.4. The first kappa shape index (κ1) is 10.6. The number of aromatic nitrogens is 1. The molecular weight excluding hydrogens is 200 g/mol. The summed E-state index contributed by atoms with van der Waals surface area (Å²) >= 11 is 5.72. The molecule has 4 heteroatoms. The number of hydrogen-bond acceptors (Lipinski definition) is 2. The van der Waals surface area contributed by atoms with Gasteiger partial charge >= 0.3 is 0 Å². The quantitative estimate of drug-likeness (QED) is 0.707. The van der Waals surface area contributed by atoms with Crippen molar-refractivity contribution in [3.63, 3.8) is 0 Å². The Hall–Kier alpha value is -1.53. The van der Waals surface area contributed by atoms with Crippen molar-refractivity contribution in [3.8, 4) is 11.8 Å². The fourth-order valence-corrected chi connectivity index (χ4v) is 1.10. The number of aryl methyl sites for hydroxylation is 1. The standard InChI is InChI=1S/C10H9ClN2O/c1-7-5-8(11)6-13-9(7)3-2-4-10(12)14/h5-6H,4H2,1H3,(H2,12,14). The van der Waals surface area contributed by atoms with Gasteiger partial charge in [0.05, 0.1) is 11.4 Å². The molecule has 0 aliphatic rings. The Labute approximate surface area is 87.3 Å². The van der Waals surface area contributed by atoms with Gasteiger partial charge in [-0.3, -0.25) is 4.79 Å². The topological polar surface area (TPSA) is 56.0 Å². The molecule has 14 heavy (non-hydrogen) atoms. The van der Waals surface area contributed by atoms with Crippen molar-refractivity contribution < 1.29 is 4.79 Å². The highest BCUT2D eigenvalue weighted by atomic mass is 35.5. The molecule has 72 valence electrons. The Morgan fingerprint density at radius 1 is 1.71 bits per heavy atom. The number of carbonyl (C=O) groups excluding carboxylic acids is 1. The molecule has 0 radical (unpaired) electrons. The summed E-state index contributed by atoms with van der Waals surface area (Å²) in [5, 5.41) is 0.572. The lowest BCUT2D eigenvalue weighted by atomic mass is 10.2. The summed E-state index contributed by atoms with van der Waals surface area (Å²) in [5.74, 6) is 4.94. The van der Waals surface area contributed by atoms with Crippen molar-refractivity contribution in [1.82, 2.24) is 4.98 Å². The summed E-state index contributed by atoms with van der Waals surface area (Å²) in [4.78, 5) is 14.4. The predicted octanol–water partition coefficient (Wildman–Crippen LogP) is 1.27. The van der Waals surface area contributed by atoms with Gasteiger partial charge in [0.15, 0.2) is 0 Å². The van der Waals surface area contributed by atoms with Gasteiger partial charge in [0, 0.05) is 6.20 Å². The van der Waals surface area contributed by atoms with Crippen LogP contribution < -0.4 is 5.73 Å². The molecule has 1 aromatic heterocycles. The lowest BCUT2D eigenvalue weighted by molar-refractivity contribution is -0.117. The second kappa shape index (κ2) is 4.64. The zero-order valence-electron chi connectivity index (χ0n) is 7.67. The predicted molar refractivity (Wildman–Crippen MR) is 54.7 cm³/mol. The van der Waals surface area contributed by atoms with E-state index in [0.717, 1.165) is 5.56 Å². The molecule has 0 aliphatic heterocycles. The minimum Gasteiger partial charge on any atom is -0.369 e. The summed E-state index contributed by atoms with van der Waals surface area (Å²) in [7, 11) is 0. The molecule has 0 saturated carbocycles. The van der Waals surface area contributed by atoms with Gasteiger partial charge in [-0.15, -0.1) is 0 Å². The number of halogens is 1. The van der Waals surface area contributed by atoms with E-state index in [9.17, 15) is 4.79 Å². The van der Waals surface area contributed by atoms with Crippen LogP contribution in [0.2, 0.25) is 5.02 Å².